The van der Waals surface area contributed by atoms with Crippen LogP contribution >= 0.6 is 22.9 Å². The molecule has 0 saturated heterocycles. The van der Waals surface area contributed by atoms with Crippen LogP contribution in [0.25, 0.3) is 10.2 Å². The van der Waals surface area contributed by atoms with Gasteiger partial charge in [-0.1, -0.05) is 24.6 Å². The molecule has 0 aliphatic heterocycles. The molecule has 0 aliphatic carbocycles. The summed E-state index contributed by atoms with van der Waals surface area (Å²) in [5, 5.41) is 4.54. The first kappa shape index (κ1) is 14.1. The number of halogens is 1. The number of fused-ring (bicyclic) bond motifs is 1. The lowest BCUT2D eigenvalue weighted by molar-refractivity contribution is 0.957. The topological polar surface area (TPSA) is 57.8 Å². The minimum atomic E-state index is -0.0844. The summed E-state index contributed by atoms with van der Waals surface area (Å²) in [6.45, 7) is 2.52. The standard InChI is InChI=1S/C15H14ClN3OS/c1-2-11-7-12-14(20)18-13(19-15(12)21-11)8-17-10-5-3-4-9(16)6-10/h3-7,17H,2,8H2,1H3,(H,18,19,20). The molecule has 2 heterocycles. The molecule has 108 valence electrons. The highest BCUT2D eigenvalue weighted by atomic mass is 35.5. The number of nitrogens with one attached hydrogen (secondary N) is 2. The predicted molar refractivity (Wildman–Crippen MR) is 88.4 cm³/mol. The van der Waals surface area contributed by atoms with Crippen LogP contribution in [0, 0.1) is 0 Å². The largest absolute Gasteiger partial charge is 0.378 e. The summed E-state index contributed by atoms with van der Waals surface area (Å²) < 4.78 is 0. The summed E-state index contributed by atoms with van der Waals surface area (Å²) in [6, 6.07) is 9.36. The normalized spacial score (nSPS) is 11.0. The zero-order chi connectivity index (χ0) is 14.8. The van der Waals surface area contributed by atoms with Crippen molar-refractivity contribution in [3.63, 3.8) is 0 Å². The quantitative estimate of drug-likeness (QED) is 0.768. The first-order valence-corrected chi connectivity index (χ1v) is 7.86. The number of aromatic nitrogens is 2. The molecule has 0 fully saturated rings. The van der Waals surface area contributed by atoms with Crippen molar-refractivity contribution in [3.05, 3.63) is 56.4 Å². The molecule has 0 radical (unpaired) electrons. The first-order valence-electron chi connectivity index (χ1n) is 6.67. The Labute approximate surface area is 130 Å². The molecule has 0 saturated carbocycles. The van der Waals surface area contributed by atoms with Crippen molar-refractivity contribution in [1.29, 1.82) is 0 Å². The van der Waals surface area contributed by atoms with E-state index in [-0.39, 0.29) is 5.56 Å². The van der Waals surface area contributed by atoms with Gasteiger partial charge < -0.3 is 10.3 Å². The predicted octanol–water partition coefficient (Wildman–Crippen LogP) is 3.81. The van der Waals surface area contributed by atoms with Gasteiger partial charge >= 0.3 is 0 Å². The summed E-state index contributed by atoms with van der Waals surface area (Å²) in [5.74, 6) is 0.622. The highest BCUT2D eigenvalue weighted by Crippen LogP contribution is 2.21. The molecule has 0 unspecified atom stereocenters. The molecular formula is C15H14ClN3OS. The lowest BCUT2D eigenvalue weighted by Gasteiger charge is -2.06. The third-order valence-corrected chi connectivity index (χ3v) is 4.54. The molecule has 21 heavy (non-hydrogen) atoms. The van der Waals surface area contributed by atoms with Gasteiger partial charge in [0.05, 0.1) is 11.9 Å². The van der Waals surface area contributed by atoms with Crippen molar-refractivity contribution in [2.24, 2.45) is 0 Å². The molecule has 2 aromatic heterocycles. The van der Waals surface area contributed by atoms with Gasteiger partial charge in [0.25, 0.3) is 5.56 Å². The van der Waals surface area contributed by atoms with Gasteiger partial charge in [-0.05, 0) is 30.7 Å². The number of benzene rings is 1. The Morgan fingerprint density at radius 2 is 2.24 bits per heavy atom. The van der Waals surface area contributed by atoms with Crippen molar-refractivity contribution in [1.82, 2.24) is 9.97 Å². The minimum absolute atomic E-state index is 0.0844. The van der Waals surface area contributed by atoms with Crippen molar-refractivity contribution in [2.45, 2.75) is 19.9 Å². The molecule has 0 amide bonds. The number of H-pyrrole nitrogens is 1. The van der Waals surface area contributed by atoms with Gasteiger partial charge in [0.2, 0.25) is 0 Å². The van der Waals surface area contributed by atoms with E-state index < -0.39 is 0 Å². The van der Waals surface area contributed by atoms with Crippen LogP contribution in [0.3, 0.4) is 0 Å². The van der Waals surface area contributed by atoms with Crippen molar-refractivity contribution in [3.8, 4) is 0 Å². The first-order chi connectivity index (χ1) is 10.2. The van der Waals surface area contributed by atoms with Gasteiger partial charge in [-0.15, -0.1) is 11.3 Å². The van der Waals surface area contributed by atoms with E-state index in [2.05, 4.69) is 22.2 Å². The van der Waals surface area contributed by atoms with Gasteiger partial charge in [0.15, 0.2) is 0 Å². The highest BCUT2D eigenvalue weighted by Gasteiger charge is 2.08. The summed E-state index contributed by atoms with van der Waals surface area (Å²) in [6.07, 6.45) is 0.913. The SMILES string of the molecule is CCc1cc2c(=O)[nH]c(CNc3cccc(Cl)c3)nc2s1. The van der Waals surface area contributed by atoms with Crippen LogP contribution in [0.4, 0.5) is 5.69 Å². The van der Waals surface area contributed by atoms with Gasteiger partial charge in [-0.25, -0.2) is 4.98 Å². The zero-order valence-corrected chi connectivity index (χ0v) is 13.0. The number of aromatic amines is 1. The van der Waals surface area contributed by atoms with Gasteiger partial charge in [0, 0.05) is 15.6 Å². The van der Waals surface area contributed by atoms with Crippen LogP contribution in [-0.4, -0.2) is 9.97 Å². The maximum absolute atomic E-state index is 12.1. The molecular weight excluding hydrogens is 306 g/mol. The number of hydrogen-bond donors (Lipinski definition) is 2. The number of rotatable bonds is 4. The fourth-order valence-corrected chi connectivity index (χ4v) is 3.25. The Morgan fingerprint density at radius 1 is 1.38 bits per heavy atom. The van der Waals surface area contributed by atoms with Gasteiger partial charge in [-0.2, -0.15) is 0 Å². The smallest absolute Gasteiger partial charge is 0.259 e. The number of thiophene rings is 1. The minimum Gasteiger partial charge on any atom is -0.378 e. The van der Waals surface area contributed by atoms with Crippen LogP contribution in [0.5, 0.6) is 0 Å². The third-order valence-electron chi connectivity index (χ3n) is 3.14. The van der Waals surface area contributed by atoms with E-state index >= 15 is 0 Å². The molecule has 3 rings (SSSR count). The Kier molecular flexibility index (Phi) is 3.94. The van der Waals surface area contributed by atoms with Gasteiger partial charge in [0.1, 0.15) is 10.7 Å². The second kappa shape index (κ2) is 5.87. The van der Waals surface area contributed by atoms with E-state index in [9.17, 15) is 4.79 Å². The molecule has 0 atom stereocenters. The summed E-state index contributed by atoms with van der Waals surface area (Å²) >= 11 is 7.51. The monoisotopic (exact) mass is 319 g/mol. The average molecular weight is 320 g/mol. The fourth-order valence-electron chi connectivity index (χ4n) is 2.07. The van der Waals surface area contributed by atoms with Crippen LogP contribution in [-0.2, 0) is 13.0 Å². The van der Waals surface area contributed by atoms with Crippen LogP contribution in [0.15, 0.2) is 35.1 Å². The average Bonchev–Trinajstić information content (AvgIpc) is 2.89. The zero-order valence-electron chi connectivity index (χ0n) is 11.4. The molecule has 2 N–H and O–H groups in total. The summed E-state index contributed by atoms with van der Waals surface area (Å²) in [7, 11) is 0. The Morgan fingerprint density at radius 3 is 3.00 bits per heavy atom. The number of nitrogens with zero attached hydrogens (tertiary/aromatic N) is 1. The number of aryl methyl sites for hydroxylation is 1. The Hall–Kier alpha value is -1.85. The van der Waals surface area contributed by atoms with Crippen LogP contribution in [0.2, 0.25) is 5.02 Å². The van der Waals surface area contributed by atoms with E-state index in [0.29, 0.717) is 22.8 Å². The van der Waals surface area contributed by atoms with E-state index in [1.54, 1.807) is 11.3 Å². The van der Waals surface area contributed by atoms with Crippen molar-refractivity contribution >= 4 is 38.8 Å². The number of anilines is 1. The van der Waals surface area contributed by atoms with Crippen LogP contribution < -0.4 is 10.9 Å². The van der Waals surface area contributed by atoms with E-state index in [4.69, 9.17) is 11.6 Å². The fraction of sp³-hybridized carbons (Fsp3) is 0.200. The molecule has 1 aromatic carbocycles. The maximum atomic E-state index is 12.1. The molecule has 3 aromatic rings. The molecule has 0 bridgehead atoms. The van der Waals surface area contributed by atoms with E-state index in [1.807, 2.05) is 30.3 Å². The Bertz CT molecular complexity index is 840. The second-order valence-corrected chi connectivity index (χ2v) is 6.21. The highest BCUT2D eigenvalue weighted by molar-refractivity contribution is 7.18. The lowest BCUT2D eigenvalue weighted by atomic mass is 10.3. The molecule has 0 spiro atoms. The molecule has 6 heteroatoms. The van der Waals surface area contributed by atoms with Gasteiger partial charge in [-0.3, -0.25) is 4.79 Å². The Balaban J connectivity index is 1.85. The summed E-state index contributed by atoms with van der Waals surface area (Å²) in [4.78, 5) is 21.3. The second-order valence-electron chi connectivity index (χ2n) is 4.66. The van der Waals surface area contributed by atoms with Crippen molar-refractivity contribution < 1.29 is 0 Å². The van der Waals surface area contributed by atoms with Crippen molar-refractivity contribution in [2.75, 3.05) is 5.32 Å². The number of hydrogen-bond acceptors (Lipinski definition) is 4. The molecule has 0 aliphatic rings. The van der Waals surface area contributed by atoms with Crippen LogP contribution in [0.1, 0.15) is 17.6 Å². The van der Waals surface area contributed by atoms with E-state index in [1.165, 1.54) is 4.88 Å². The lowest BCUT2D eigenvalue weighted by Crippen LogP contribution is -2.13. The summed E-state index contributed by atoms with van der Waals surface area (Å²) in [5.41, 5.74) is 0.810. The molecule has 4 nitrogen and oxygen atoms in total. The maximum Gasteiger partial charge on any atom is 0.259 e. The third kappa shape index (κ3) is 3.09. The van der Waals surface area contributed by atoms with E-state index in [0.717, 1.165) is 16.9 Å².